The van der Waals surface area contributed by atoms with Crippen LogP contribution in [0.1, 0.15) is 11.1 Å². The Balaban J connectivity index is 1.54. The van der Waals surface area contributed by atoms with Gasteiger partial charge in [-0.15, -0.1) is 10.2 Å². The lowest BCUT2D eigenvalue weighted by atomic mass is 10.1. The molecule has 1 heterocycles. The van der Waals surface area contributed by atoms with E-state index in [1.807, 2.05) is 31.3 Å². The third-order valence-electron chi connectivity index (χ3n) is 3.85. The number of nitrogens with zero attached hydrogens (tertiary/aromatic N) is 3. The SMILES string of the molecule is Cc1ccc(Sc2ccc(NC(=O)CSc3nncn3C)cc2)cc1C. The van der Waals surface area contributed by atoms with Crippen LogP contribution in [0.15, 0.2) is 63.7 Å². The van der Waals surface area contributed by atoms with Gasteiger partial charge in [0, 0.05) is 22.5 Å². The summed E-state index contributed by atoms with van der Waals surface area (Å²) < 4.78 is 1.79. The summed E-state index contributed by atoms with van der Waals surface area (Å²) in [5, 5.41) is 11.4. The standard InChI is InChI=1S/C19H20N4OS2/c1-13-4-7-17(10-14(13)2)26-16-8-5-15(6-9-16)21-18(24)11-25-19-22-20-12-23(19)3/h4-10,12H,11H2,1-3H3,(H,21,24). The summed E-state index contributed by atoms with van der Waals surface area (Å²) in [6.45, 7) is 4.24. The fourth-order valence-corrected chi connectivity index (χ4v) is 3.85. The zero-order valence-corrected chi connectivity index (χ0v) is 16.5. The van der Waals surface area contributed by atoms with Crippen molar-refractivity contribution in [3.63, 3.8) is 0 Å². The first-order valence-corrected chi connectivity index (χ1v) is 9.93. The van der Waals surface area contributed by atoms with Crippen LogP contribution < -0.4 is 5.32 Å². The molecule has 0 saturated carbocycles. The summed E-state index contributed by atoms with van der Waals surface area (Å²) in [4.78, 5) is 14.4. The van der Waals surface area contributed by atoms with Crippen LogP contribution >= 0.6 is 23.5 Å². The molecule has 1 aromatic heterocycles. The van der Waals surface area contributed by atoms with Gasteiger partial charge in [-0.2, -0.15) is 0 Å². The van der Waals surface area contributed by atoms with Crippen molar-refractivity contribution in [2.45, 2.75) is 28.8 Å². The molecular formula is C19H20N4OS2. The van der Waals surface area contributed by atoms with E-state index in [4.69, 9.17) is 0 Å². The van der Waals surface area contributed by atoms with Crippen molar-refractivity contribution >= 4 is 35.1 Å². The van der Waals surface area contributed by atoms with Gasteiger partial charge >= 0.3 is 0 Å². The smallest absolute Gasteiger partial charge is 0.234 e. The van der Waals surface area contributed by atoms with Gasteiger partial charge in [0.25, 0.3) is 0 Å². The summed E-state index contributed by atoms with van der Waals surface area (Å²) in [7, 11) is 1.85. The highest BCUT2D eigenvalue weighted by molar-refractivity contribution is 7.99. The van der Waals surface area contributed by atoms with Gasteiger partial charge in [-0.25, -0.2) is 0 Å². The molecule has 1 N–H and O–H groups in total. The largest absolute Gasteiger partial charge is 0.325 e. The van der Waals surface area contributed by atoms with Crippen molar-refractivity contribution in [3.05, 3.63) is 59.9 Å². The van der Waals surface area contributed by atoms with Gasteiger partial charge in [0.1, 0.15) is 6.33 Å². The summed E-state index contributed by atoms with van der Waals surface area (Å²) >= 11 is 3.08. The van der Waals surface area contributed by atoms with Crippen molar-refractivity contribution < 1.29 is 4.79 Å². The molecule has 0 spiro atoms. The Bertz CT molecular complexity index is 906. The van der Waals surface area contributed by atoms with E-state index in [1.54, 1.807) is 22.7 Å². The number of amides is 1. The molecule has 3 rings (SSSR count). The van der Waals surface area contributed by atoms with Gasteiger partial charge in [0.05, 0.1) is 5.75 Å². The van der Waals surface area contributed by atoms with E-state index >= 15 is 0 Å². The average molecular weight is 385 g/mol. The molecule has 0 aliphatic carbocycles. The molecule has 26 heavy (non-hydrogen) atoms. The van der Waals surface area contributed by atoms with Gasteiger partial charge < -0.3 is 9.88 Å². The second-order valence-electron chi connectivity index (χ2n) is 5.93. The lowest BCUT2D eigenvalue weighted by molar-refractivity contribution is -0.113. The van der Waals surface area contributed by atoms with E-state index in [1.165, 1.54) is 27.8 Å². The third-order valence-corrected chi connectivity index (χ3v) is 5.89. The molecule has 0 saturated heterocycles. The van der Waals surface area contributed by atoms with Crippen molar-refractivity contribution in [1.29, 1.82) is 0 Å². The molecular weight excluding hydrogens is 364 g/mol. The number of carbonyl (C=O) groups is 1. The zero-order valence-electron chi connectivity index (χ0n) is 14.9. The van der Waals surface area contributed by atoms with Crippen LogP contribution in [-0.4, -0.2) is 26.4 Å². The first-order chi connectivity index (χ1) is 12.5. The summed E-state index contributed by atoms with van der Waals surface area (Å²) in [6, 6.07) is 14.4. The number of benzene rings is 2. The van der Waals surface area contributed by atoms with Crippen LogP contribution in [0.5, 0.6) is 0 Å². The molecule has 0 atom stereocenters. The van der Waals surface area contributed by atoms with Gasteiger partial charge in [-0.3, -0.25) is 4.79 Å². The molecule has 1 amide bonds. The van der Waals surface area contributed by atoms with E-state index in [0.29, 0.717) is 5.75 Å². The van der Waals surface area contributed by atoms with E-state index in [0.717, 1.165) is 15.7 Å². The zero-order chi connectivity index (χ0) is 18.5. The molecule has 0 unspecified atom stereocenters. The van der Waals surface area contributed by atoms with Crippen LogP contribution in [0.2, 0.25) is 0 Å². The maximum absolute atomic E-state index is 12.1. The Morgan fingerprint density at radius 3 is 2.46 bits per heavy atom. The molecule has 0 aliphatic heterocycles. The van der Waals surface area contributed by atoms with E-state index in [-0.39, 0.29) is 5.91 Å². The number of aromatic nitrogens is 3. The minimum absolute atomic E-state index is 0.0624. The van der Waals surface area contributed by atoms with Crippen molar-refractivity contribution in [3.8, 4) is 0 Å². The Morgan fingerprint density at radius 1 is 1.08 bits per heavy atom. The first kappa shape index (κ1) is 18.5. The number of hydrogen-bond donors (Lipinski definition) is 1. The molecule has 7 heteroatoms. The molecule has 2 aromatic carbocycles. The van der Waals surface area contributed by atoms with Crippen LogP contribution in [0.4, 0.5) is 5.69 Å². The minimum Gasteiger partial charge on any atom is -0.325 e. The molecule has 134 valence electrons. The number of hydrogen-bond acceptors (Lipinski definition) is 5. The predicted molar refractivity (Wildman–Crippen MR) is 107 cm³/mol. The lowest BCUT2D eigenvalue weighted by Gasteiger charge is -2.07. The molecule has 0 aliphatic rings. The fourth-order valence-electron chi connectivity index (χ4n) is 2.25. The molecule has 0 bridgehead atoms. The van der Waals surface area contributed by atoms with Crippen LogP contribution in [0.25, 0.3) is 0 Å². The molecule has 3 aromatic rings. The fraction of sp³-hybridized carbons (Fsp3) is 0.211. The highest BCUT2D eigenvalue weighted by Crippen LogP contribution is 2.29. The summed E-state index contributed by atoms with van der Waals surface area (Å²) in [5.41, 5.74) is 3.38. The van der Waals surface area contributed by atoms with Crippen LogP contribution in [0.3, 0.4) is 0 Å². The monoisotopic (exact) mass is 384 g/mol. The third kappa shape index (κ3) is 4.89. The number of aryl methyl sites for hydroxylation is 3. The van der Waals surface area contributed by atoms with E-state index < -0.39 is 0 Å². The minimum atomic E-state index is -0.0624. The van der Waals surface area contributed by atoms with Crippen LogP contribution in [-0.2, 0) is 11.8 Å². The molecule has 5 nitrogen and oxygen atoms in total. The van der Waals surface area contributed by atoms with E-state index in [2.05, 4.69) is 47.6 Å². The lowest BCUT2D eigenvalue weighted by Crippen LogP contribution is -2.14. The molecule has 0 radical (unpaired) electrons. The van der Waals surface area contributed by atoms with Gasteiger partial charge in [-0.1, -0.05) is 29.6 Å². The molecule has 0 fully saturated rings. The van der Waals surface area contributed by atoms with Crippen LogP contribution in [0, 0.1) is 13.8 Å². The summed E-state index contributed by atoms with van der Waals surface area (Å²) in [5.74, 6) is 0.235. The van der Waals surface area contributed by atoms with E-state index in [9.17, 15) is 4.79 Å². The predicted octanol–water partition coefficient (Wildman–Crippen LogP) is 4.31. The Hall–Kier alpha value is -2.25. The van der Waals surface area contributed by atoms with Gasteiger partial charge in [0.2, 0.25) is 5.91 Å². The Kier molecular flexibility index (Phi) is 6.00. The van der Waals surface area contributed by atoms with Crippen molar-refractivity contribution in [1.82, 2.24) is 14.8 Å². The number of carbonyl (C=O) groups excluding carboxylic acids is 1. The maximum Gasteiger partial charge on any atom is 0.234 e. The number of thioether (sulfide) groups is 1. The number of rotatable bonds is 6. The van der Waals surface area contributed by atoms with Gasteiger partial charge in [0.15, 0.2) is 5.16 Å². The second kappa shape index (κ2) is 8.42. The van der Waals surface area contributed by atoms with Crippen molar-refractivity contribution in [2.75, 3.05) is 11.1 Å². The topological polar surface area (TPSA) is 59.8 Å². The normalized spacial score (nSPS) is 10.7. The second-order valence-corrected chi connectivity index (χ2v) is 8.02. The Morgan fingerprint density at radius 2 is 1.81 bits per heavy atom. The number of anilines is 1. The highest BCUT2D eigenvalue weighted by atomic mass is 32.2. The quantitative estimate of drug-likeness (QED) is 0.642. The first-order valence-electron chi connectivity index (χ1n) is 8.13. The summed E-state index contributed by atoms with van der Waals surface area (Å²) in [6.07, 6.45) is 1.62. The van der Waals surface area contributed by atoms with Crippen molar-refractivity contribution in [2.24, 2.45) is 7.05 Å². The highest BCUT2D eigenvalue weighted by Gasteiger charge is 2.07. The number of nitrogens with one attached hydrogen (secondary N) is 1. The van der Waals surface area contributed by atoms with Gasteiger partial charge in [-0.05, 0) is 61.4 Å². The maximum atomic E-state index is 12.1. The Labute approximate surface area is 161 Å². The average Bonchev–Trinajstić information content (AvgIpc) is 3.03.